The zero-order valence-electron chi connectivity index (χ0n) is 13.8. The van der Waals surface area contributed by atoms with Gasteiger partial charge in [-0.2, -0.15) is 0 Å². The van der Waals surface area contributed by atoms with Crippen molar-refractivity contribution in [3.05, 3.63) is 30.3 Å². The van der Waals surface area contributed by atoms with Gasteiger partial charge in [0.1, 0.15) is 0 Å². The molecule has 1 fully saturated rings. The van der Waals surface area contributed by atoms with Crippen molar-refractivity contribution in [3.63, 3.8) is 0 Å². The van der Waals surface area contributed by atoms with E-state index >= 15 is 0 Å². The van der Waals surface area contributed by atoms with Gasteiger partial charge in [-0.1, -0.05) is 39.0 Å². The summed E-state index contributed by atoms with van der Waals surface area (Å²) < 4.78 is 30.3. The van der Waals surface area contributed by atoms with Crippen LogP contribution >= 0.6 is 0 Å². The third-order valence-corrected chi connectivity index (χ3v) is 5.92. The minimum Gasteiger partial charge on any atom is -0.375 e. The molecule has 1 aromatic carbocycles. The largest absolute Gasteiger partial charge is 0.375 e. The maximum atomic E-state index is 12.3. The number of benzene rings is 1. The lowest BCUT2D eigenvalue weighted by Crippen LogP contribution is -2.48. The average molecular weight is 325 g/mol. The van der Waals surface area contributed by atoms with E-state index < -0.39 is 9.84 Å². The minimum absolute atomic E-state index is 0.120. The Morgan fingerprint density at radius 2 is 1.91 bits per heavy atom. The van der Waals surface area contributed by atoms with Crippen molar-refractivity contribution in [2.24, 2.45) is 5.41 Å². The molecule has 0 saturated carbocycles. The molecule has 4 nitrogen and oxygen atoms in total. The summed E-state index contributed by atoms with van der Waals surface area (Å²) in [5, 5.41) is 0. The number of sulfone groups is 1. The smallest absolute Gasteiger partial charge is 0.178 e. The molecule has 0 N–H and O–H groups in total. The fraction of sp³-hybridized carbons (Fsp3) is 0.647. The first-order valence-corrected chi connectivity index (χ1v) is 9.56. The SMILES string of the molecule is CC(C)(C)[C@H]1CN(CCCS(=O)(=O)c2ccccc2)CCO1. The van der Waals surface area contributed by atoms with Crippen molar-refractivity contribution in [1.29, 1.82) is 0 Å². The lowest BCUT2D eigenvalue weighted by molar-refractivity contribution is -0.0792. The number of rotatable bonds is 5. The van der Waals surface area contributed by atoms with Gasteiger partial charge in [0.15, 0.2) is 9.84 Å². The lowest BCUT2D eigenvalue weighted by Gasteiger charge is -2.39. The summed E-state index contributed by atoms with van der Waals surface area (Å²) >= 11 is 0. The second kappa shape index (κ2) is 7.11. The Morgan fingerprint density at radius 1 is 1.23 bits per heavy atom. The van der Waals surface area contributed by atoms with Crippen LogP contribution in [0.2, 0.25) is 0 Å². The predicted molar refractivity (Wildman–Crippen MR) is 88.7 cm³/mol. The van der Waals surface area contributed by atoms with Crippen LogP contribution in [0, 0.1) is 5.41 Å². The molecule has 0 radical (unpaired) electrons. The Kier molecular flexibility index (Phi) is 5.64. The predicted octanol–water partition coefficient (Wildman–Crippen LogP) is 2.60. The van der Waals surface area contributed by atoms with Gasteiger partial charge in [-0.3, -0.25) is 4.90 Å². The van der Waals surface area contributed by atoms with Crippen molar-refractivity contribution in [3.8, 4) is 0 Å². The summed E-state index contributed by atoms with van der Waals surface area (Å²) in [6.07, 6.45) is 0.876. The van der Waals surface area contributed by atoms with E-state index in [4.69, 9.17) is 4.74 Å². The molecule has 0 spiro atoms. The van der Waals surface area contributed by atoms with Crippen LogP contribution in [0.5, 0.6) is 0 Å². The molecule has 1 aliphatic rings. The van der Waals surface area contributed by atoms with Gasteiger partial charge in [0, 0.05) is 13.1 Å². The van der Waals surface area contributed by atoms with E-state index in [-0.39, 0.29) is 17.3 Å². The normalized spacial score (nSPS) is 21.0. The molecule has 0 amide bonds. The third kappa shape index (κ3) is 4.80. The van der Waals surface area contributed by atoms with Crippen LogP contribution < -0.4 is 0 Å². The average Bonchev–Trinajstić information content (AvgIpc) is 2.47. The van der Waals surface area contributed by atoms with Crippen molar-refractivity contribution in [1.82, 2.24) is 4.90 Å². The molecule has 0 aromatic heterocycles. The van der Waals surface area contributed by atoms with Crippen LogP contribution in [0.4, 0.5) is 0 Å². The van der Waals surface area contributed by atoms with E-state index in [0.29, 0.717) is 11.3 Å². The Morgan fingerprint density at radius 3 is 2.55 bits per heavy atom. The summed E-state index contributed by atoms with van der Waals surface area (Å²) in [6.45, 7) is 9.85. The summed E-state index contributed by atoms with van der Waals surface area (Å²) in [4.78, 5) is 2.74. The van der Waals surface area contributed by atoms with Gasteiger partial charge in [-0.25, -0.2) is 8.42 Å². The van der Waals surface area contributed by atoms with E-state index in [1.165, 1.54) is 0 Å². The van der Waals surface area contributed by atoms with Crippen LogP contribution in [-0.2, 0) is 14.6 Å². The van der Waals surface area contributed by atoms with Crippen LogP contribution in [0.3, 0.4) is 0 Å². The Hall–Kier alpha value is -0.910. The molecule has 22 heavy (non-hydrogen) atoms. The van der Waals surface area contributed by atoms with E-state index in [1.54, 1.807) is 24.3 Å². The number of nitrogens with zero attached hydrogens (tertiary/aromatic N) is 1. The molecule has 1 aromatic rings. The fourth-order valence-corrected chi connectivity index (χ4v) is 3.97. The molecule has 0 unspecified atom stereocenters. The van der Waals surface area contributed by atoms with Gasteiger partial charge >= 0.3 is 0 Å². The second-order valence-electron chi connectivity index (χ2n) is 7.01. The van der Waals surface area contributed by atoms with Crippen molar-refractivity contribution in [2.75, 3.05) is 32.0 Å². The van der Waals surface area contributed by atoms with Crippen LogP contribution in [0.25, 0.3) is 0 Å². The van der Waals surface area contributed by atoms with E-state index in [9.17, 15) is 8.42 Å². The molecular formula is C17H27NO3S. The highest BCUT2D eigenvalue weighted by Gasteiger charge is 2.30. The van der Waals surface area contributed by atoms with E-state index in [0.717, 1.165) is 26.2 Å². The van der Waals surface area contributed by atoms with Gasteiger partial charge in [-0.05, 0) is 30.5 Å². The van der Waals surface area contributed by atoms with Gasteiger partial charge in [0.2, 0.25) is 0 Å². The van der Waals surface area contributed by atoms with Crippen molar-refractivity contribution >= 4 is 9.84 Å². The van der Waals surface area contributed by atoms with Crippen molar-refractivity contribution in [2.45, 2.75) is 38.2 Å². The standard InChI is InChI=1S/C17H27NO3S/c1-17(2,3)16-14-18(11-12-21-16)10-7-13-22(19,20)15-8-5-4-6-9-15/h4-6,8-9,16H,7,10-14H2,1-3H3/t16-/m1/s1. The molecule has 1 saturated heterocycles. The highest BCUT2D eigenvalue weighted by Crippen LogP contribution is 2.25. The van der Waals surface area contributed by atoms with Gasteiger partial charge in [-0.15, -0.1) is 0 Å². The summed E-state index contributed by atoms with van der Waals surface area (Å²) in [6, 6.07) is 8.70. The third-order valence-electron chi connectivity index (χ3n) is 4.11. The Balaban J connectivity index is 1.84. The molecule has 0 bridgehead atoms. The summed E-state index contributed by atoms with van der Waals surface area (Å²) in [5.74, 6) is 0.203. The van der Waals surface area contributed by atoms with E-state index in [2.05, 4.69) is 25.7 Å². The Bertz CT molecular complexity index is 563. The van der Waals surface area contributed by atoms with Crippen LogP contribution in [-0.4, -0.2) is 51.4 Å². The highest BCUT2D eigenvalue weighted by molar-refractivity contribution is 7.91. The molecular weight excluding hydrogens is 298 g/mol. The summed E-state index contributed by atoms with van der Waals surface area (Å²) in [5.41, 5.74) is 0.120. The quantitative estimate of drug-likeness (QED) is 0.835. The van der Waals surface area contributed by atoms with E-state index in [1.807, 2.05) is 6.07 Å². The first-order chi connectivity index (χ1) is 10.3. The van der Waals surface area contributed by atoms with Gasteiger partial charge < -0.3 is 4.74 Å². The number of hydrogen-bond donors (Lipinski definition) is 0. The van der Waals surface area contributed by atoms with Crippen molar-refractivity contribution < 1.29 is 13.2 Å². The monoisotopic (exact) mass is 325 g/mol. The molecule has 1 aliphatic heterocycles. The fourth-order valence-electron chi connectivity index (χ4n) is 2.65. The summed E-state index contributed by atoms with van der Waals surface area (Å²) in [7, 11) is -3.16. The first-order valence-electron chi connectivity index (χ1n) is 7.91. The van der Waals surface area contributed by atoms with Crippen LogP contribution in [0.15, 0.2) is 35.2 Å². The van der Waals surface area contributed by atoms with Crippen LogP contribution in [0.1, 0.15) is 27.2 Å². The molecule has 0 aliphatic carbocycles. The maximum absolute atomic E-state index is 12.3. The number of morpholine rings is 1. The number of hydrogen-bond acceptors (Lipinski definition) is 4. The number of ether oxygens (including phenoxy) is 1. The molecule has 1 atom stereocenters. The molecule has 5 heteroatoms. The Labute approximate surface area is 134 Å². The van der Waals surface area contributed by atoms with Gasteiger partial charge in [0.05, 0.1) is 23.4 Å². The maximum Gasteiger partial charge on any atom is 0.178 e. The zero-order valence-corrected chi connectivity index (χ0v) is 14.6. The minimum atomic E-state index is -3.16. The zero-order chi connectivity index (χ0) is 16.2. The highest BCUT2D eigenvalue weighted by atomic mass is 32.2. The second-order valence-corrected chi connectivity index (χ2v) is 9.12. The molecule has 2 rings (SSSR count). The molecule has 1 heterocycles. The molecule has 124 valence electrons. The first kappa shape index (κ1) is 17.4. The lowest BCUT2D eigenvalue weighted by atomic mass is 9.88. The topological polar surface area (TPSA) is 46.6 Å². The van der Waals surface area contributed by atoms with Gasteiger partial charge in [0.25, 0.3) is 0 Å².